The van der Waals surface area contributed by atoms with Crippen molar-refractivity contribution in [1.29, 1.82) is 0 Å². The Labute approximate surface area is 222 Å². The number of aldehydes is 1. The van der Waals surface area contributed by atoms with Gasteiger partial charge in [0.05, 0.1) is 23.8 Å². The molecule has 2 aromatic carbocycles. The number of carbonyl (C=O) groups is 2. The lowest BCUT2D eigenvalue weighted by atomic mass is 9.93. The number of nitrogens with one attached hydrogen (secondary N) is 1. The fourth-order valence-electron chi connectivity index (χ4n) is 5.59. The van der Waals surface area contributed by atoms with Crippen molar-refractivity contribution in [3.05, 3.63) is 65.5 Å². The van der Waals surface area contributed by atoms with Crippen LogP contribution in [0.2, 0.25) is 0 Å². The van der Waals surface area contributed by atoms with Gasteiger partial charge in [-0.1, -0.05) is 12.1 Å². The first-order valence-corrected chi connectivity index (χ1v) is 12.9. The lowest BCUT2D eigenvalue weighted by Gasteiger charge is -2.22. The molecule has 0 saturated carbocycles. The predicted molar refractivity (Wildman–Crippen MR) is 150 cm³/mol. The molecule has 1 aliphatic rings. The maximum atomic E-state index is 13.5. The highest BCUT2D eigenvalue weighted by atomic mass is 16.5. The van der Waals surface area contributed by atoms with Gasteiger partial charge in [-0.25, -0.2) is 0 Å². The average Bonchev–Trinajstić information content (AvgIpc) is 3.43. The van der Waals surface area contributed by atoms with E-state index in [4.69, 9.17) is 4.74 Å². The summed E-state index contributed by atoms with van der Waals surface area (Å²) >= 11 is 0. The molecule has 8 nitrogen and oxygen atoms in total. The zero-order valence-corrected chi connectivity index (χ0v) is 22.3. The molecule has 2 aromatic heterocycles. The number of carbonyl (C=O) groups excluding carboxylic acids is 2. The minimum atomic E-state index is -0.330. The summed E-state index contributed by atoms with van der Waals surface area (Å²) in [5, 5.41) is 14.8. The molecule has 0 radical (unpaired) electrons. The topological polar surface area (TPSA) is 88.7 Å². The first-order chi connectivity index (χ1) is 18.3. The summed E-state index contributed by atoms with van der Waals surface area (Å²) in [6.07, 6.45) is 5.41. The fourth-order valence-corrected chi connectivity index (χ4v) is 5.59. The smallest absolute Gasteiger partial charge is 0.252 e. The molecule has 1 atom stereocenters. The summed E-state index contributed by atoms with van der Waals surface area (Å²) in [6.45, 7) is 4.54. The molecule has 1 aliphatic heterocycles. The number of amides is 1. The molecule has 4 aromatic rings. The number of ether oxygens (including phenoxy) is 1. The molecule has 0 saturated heterocycles. The molecule has 1 unspecified atom stereocenters. The van der Waals surface area contributed by atoms with Gasteiger partial charge in [-0.05, 0) is 51.2 Å². The van der Waals surface area contributed by atoms with Gasteiger partial charge >= 0.3 is 0 Å². The monoisotopic (exact) mass is 514 g/mol. The molecule has 3 heterocycles. The molecule has 0 aliphatic carbocycles. The number of nitrogens with zero attached hydrogens (tertiary/aromatic N) is 3. The number of allylic oxidation sites excluding steroid dienone is 1. The van der Waals surface area contributed by atoms with Crippen LogP contribution in [0, 0.1) is 6.92 Å². The largest absolute Gasteiger partial charge is 0.508 e. The minimum Gasteiger partial charge on any atom is -0.508 e. The van der Waals surface area contributed by atoms with Crippen molar-refractivity contribution < 1.29 is 19.4 Å². The van der Waals surface area contributed by atoms with Crippen LogP contribution in [0.5, 0.6) is 5.75 Å². The number of aryl methyl sites for hydroxylation is 2. The minimum absolute atomic E-state index is 0.00306. The molecular formula is C30H34N4O4. The van der Waals surface area contributed by atoms with Gasteiger partial charge in [0.2, 0.25) is 0 Å². The van der Waals surface area contributed by atoms with Crippen molar-refractivity contribution in [2.45, 2.75) is 32.5 Å². The van der Waals surface area contributed by atoms with E-state index < -0.39 is 0 Å². The molecule has 198 valence electrons. The number of hydrogen-bond acceptors (Lipinski definition) is 5. The molecule has 8 heteroatoms. The number of rotatable bonds is 4. The highest BCUT2D eigenvalue weighted by molar-refractivity contribution is 6.38. The summed E-state index contributed by atoms with van der Waals surface area (Å²) in [5.74, 6) is -0.187. The van der Waals surface area contributed by atoms with E-state index in [1.807, 2.05) is 62.2 Å². The first-order valence-electron chi connectivity index (χ1n) is 12.9. The van der Waals surface area contributed by atoms with E-state index in [2.05, 4.69) is 14.8 Å². The van der Waals surface area contributed by atoms with Crippen LogP contribution in [0.3, 0.4) is 0 Å². The molecule has 2 N–H and O–H groups in total. The number of hydrogen-bond donors (Lipinski definition) is 2. The zero-order chi connectivity index (χ0) is 27.0. The summed E-state index contributed by atoms with van der Waals surface area (Å²) in [7, 11) is 5.65. The number of benzene rings is 2. The lowest BCUT2D eigenvalue weighted by Crippen LogP contribution is -2.30. The Balaban J connectivity index is 1.85. The molecule has 5 rings (SSSR count). The van der Waals surface area contributed by atoms with Gasteiger partial charge in [-0.2, -0.15) is 0 Å². The highest BCUT2D eigenvalue weighted by Gasteiger charge is 2.26. The third-order valence-corrected chi connectivity index (χ3v) is 7.33. The SMILES string of the molecule is CNC(=O)/C1=C(\C=O)c2cn(c3cc(O)ccc23)CCC(CN(C)C)OCCn2cc1c1c(C)cccc12. The predicted octanol–water partition coefficient (Wildman–Crippen LogP) is 3.82. The zero-order valence-electron chi connectivity index (χ0n) is 22.3. The number of aromatic hydroxyl groups is 1. The van der Waals surface area contributed by atoms with Gasteiger partial charge in [-0.3, -0.25) is 9.59 Å². The Bertz CT molecular complexity index is 1560. The third kappa shape index (κ3) is 4.61. The van der Waals surface area contributed by atoms with E-state index >= 15 is 0 Å². The van der Waals surface area contributed by atoms with Gasteiger partial charge in [-0.15, -0.1) is 0 Å². The van der Waals surface area contributed by atoms with Crippen LogP contribution in [0.25, 0.3) is 33.0 Å². The number of phenolic OH excluding ortho intramolecular Hbond substituents is 1. The molecule has 0 fully saturated rings. The van der Waals surface area contributed by atoms with E-state index in [1.54, 1.807) is 19.2 Å². The van der Waals surface area contributed by atoms with Gasteiger partial charge < -0.3 is 29.2 Å². The Morgan fingerprint density at radius 3 is 2.63 bits per heavy atom. The maximum Gasteiger partial charge on any atom is 0.252 e. The van der Waals surface area contributed by atoms with Crippen LogP contribution >= 0.6 is 0 Å². The van der Waals surface area contributed by atoms with Crippen molar-refractivity contribution >= 4 is 45.1 Å². The van der Waals surface area contributed by atoms with E-state index in [0.717, 1.165) is 46.6 Å². The molecule has 4 bridgehead atoms. The van der Waals surface area contributed by atoms with Crippen LogP contribution in [0.15, 0.2) is 48.8 Å². The van der Waals surface area contributed by atoms with E-state index in [1.165, 1.54) is 0 Å². The van der Waals surface area contributed by atoms with Crippen LogP contribution < -0.4 is 5.32 Å². The van der Waals surface area contributed by atoms with Gasteiger partial charge in [0.1, 0.15) is 5.75 Å². The van der Waals surface area contributed by atoms with E-state index in [0.29, 0.717) is 42.0 Å². The normalized spacial score (nSPS) is 18.6. The lowest BCUT2D eigenvalue weighted by molar-refractivity contribution is -0.115. The second-order valence-electron chi connectivity index (χ2n) is 10.2. The standard InChI is InChI=1S/C30H34N4O4/c1-19-6-5-7-26-28(19)24-17-34(26)12-13-38-21(15-32(3)4)10-11-33-16-23(22-9-8-20(36)14-27(22)33)25(18-35)29(24)30(37)31-2/h5-9,14,16-18,21,36H,10-13,15H2,1-4H3,(H,31,37)/b29-25+. The summed E-state index contributed by atoms with van der Waals surface area (Å²) < 4.78 is 10.5. The summed E-state index contributed by atoms with van der Waals surface area (Å²) in [4.78, 5) is 28.4. The molecule has 0 spiro atoms. The number of likely N-dealkylation sites (N-methyl/N-ethyl adjacent to an activating group) is 2. The third-order valence-electron chi connectivity index (χ3n) is 7.33. The van der Waals surface area contributed by atoms with Crippen LogP contribution in [-0.4, -0.2) is 71.7 Å². The fraction of sp³-hybridized carbons (Fsp3) is 0.333. The second-order valence-corrected chi connectivity index (χ2v) is 10.2. The van der Waals surface area contributed by atoms with Crippen molar-refractivity contribution in [2.75, 3.05) is 34.3 Å². The average molecular weight is 515 g/mol. The Kier molecular flexibility index (Phi) is 7.10. The van der Waals surface area contributed by atoms with Gasteiger partial charge in [0, 0.05) is 78.1 Å². The van der Waals surface area contributed by atoms with Crippen LogP contribution in [-0.2, 0) is 27.4 Å². The molecular weight excluding hydrogens is 480 g/mol. The number of fused-ring (bicyclic) bond motifs is 10. The first kappa shape index (κ1) is 25.8. The van der Waals surface area contributed by atoms with Gasteiger partial charge in [0.25, 0.3) is 5.91 Å². The second kappa shape index (κ2) is 10.5. The quantitative estimate of drug-likeness (QED) is 0.405. The van der Waals surface area contributed by atoms with Gasteiger partial charge in [0.15, 0.2) is 6.29 Å². The van der Waals surface area contributed by atoms with Crippen molar-refractivity contribution in [3.63, 3.8) is 0 Å². The number of phenols is 1. The van der Waals surface area contributed by atoms with E-state index in [9.17, 15) is 14.7 Å². The van der Waals surface area contributed by atoms with Crippen molar-refractivity contribution in [2.24, 2.45) is 0 Å². The van der Waals surface area contributed by atoms with Crippen molar-refractivity contribution in [3.8, 4) is 5.75 Å². The highest BCUT2D eigenvalue weighted by Crippen LogP contribution is 2.37. The van der Waals surface area contributed by atoms with Crippen LogP contribution in [0.1, 0.15) is 23.1 Å². The maximum absolute atomic E-state index is 13.5. The molecule has 38 heavy (non-hydrogen) atoms. The number of aromatic nitrogens is 2. The van der Waals surface area contributed by atoms with Crippen molar-refractivity contribution in [1.82, 2.24) is 19.4 Å². The van der Waals surface area contributed by atoms with Crippen LogP contribution in [0.4, 0.5) is 0 Å². The molecule has 1 amide bonds. The Morgan fingerprint density at radius 2 is 1.89 bits per heavy atom. The summed E-state index contributed by atoms with van der Waals surface area (Å²) in [6, 6.07) is 11.2. The summed E-state index contributed by atoms with van der Waals surface area (Å²) in [5.41, 5.74) is 4.82. The van der Waals surface area contributed by atoms with E-state index in [-0.39, 0.29) is 17.8 Å². The Hall–Kier alpha value is -3.88. The Morgan fingerprint density at radius 1 is 1.13 bits per heavy atom.